The van der Waals surface area contributed by atoms with E-state index in [2.05, 4.69) is 15.7 Å². The zero-order valence-electron chi connectivity index (χ0n) is 10.9. The predicted octanol–water partition coefficient (Wildman–Crippen LogP) is -0.991. The molecule has 0 aliphatic carbocycles. The molecule has 1 heterocycles. The van der Waals surface area contributed by atoms with Crippen LogP contribution >= 0.6 is 0 Å². The molecular weight excluding hydrogens is 256 g/mol. The Morgan fingerprint density at radius 2 is 2.28 bits per heavy atom. The van der Waals surface area contributed by atoms with E-state index >= 15 is 0 Å². The Hall–Kier alpha value is -0.860. The summed E-state index contributed by atoms with van der Waals surface area (Å²) in [5.41, 5.74) is 1.97. The van der Waals surface area contributed by atoms with Crippen LogP contribution in [0, 0.1) is 0 Å². The molecule has 1 saturated heterocycles. The lowest BCUT2D eigenvalue weighted by Gasteiger charge is -2.25. The fraction of sp³-hybridized carbons (Fsp3) is 0.900. The fourth-order valence-electron chi connectivity index (χ4n) is 1.92. The molecule has 0 saturated carbocycles. The van der Waals surface area contributed by atoms with E-state index in [0.717, 1.165) is 6.42 Å². The van der Waals surface area contributed by atoms with Gasteiger partial charge < -0.3 is 10.1 Å². The van der Waals surface area contributed by atoms with E-state index in [1.165, 1.54) is 0 Å². The van der Waals surface area contributed by atoms with Crippen LogP contribution in [0.3, 0.4) is 0 Å². The summed E-state index contributed by atoms with van der Waals surface area (Å²) < 4.78 is 27.9. The standard InChI is InChI=1S/C10H22N4O3S/c1-10(4-7-18(15,16)8-10)13-9(14-11)12-5-3-6-17-2/h3-8,11H2,1-2H3,(H2,12,13,14). The fourth-order valence-corrected chi connectivity index (χ4v) is 4.01. The SMILES string of the molecule is COCCCN=C(NN)NC1(C)CCS(=O)(=O)C1. The van der Waals surface area contributed by atoms with Crippen LogP contribution in [0.1, 0.15) is 19.8 Å². The van der Waals surface area contributed by atoms with E-state index in [1.54, 1.807) is 7.11 Å². The molecular formula is C10H22N4O3S. The van der Waals surface area contributed by atoms with Crippen molar-refractivity contribution in [1.82, 2.24) is 10.7 Å². The van der Waals surface area contributed by atoms with Gasteiger partial charge in [0.2, 0.25) is 5.96 Å². The van der Waals surface area contributed by atoms with E-state index in [-0.39, 0.29) is 11.5 Å². The van der Waals surface area contributed by atoms with Crippen molar-refractivity contribution in [2.75, 3.05) is 31.8 Å². The predicted molar refractivity (Wildman–Crippen MR) is 70.9 cm³/mol. The van der Waals surface area contributed by atoms with Crippen molar-refractivity contribution in [3.8, 4) is 0 Å². The Morgan fingerprint density at radius 1 is 1.56 bits per heavy atom. The average Bonchev–Trinajstić information content (AvgIpc) is 2.57. The summed E-state index contributed by atoms with van der Waals surface area (Å²) in [7, 11) is -1.31. The van der Waals surface area contributed by atoms with Crippen LogP contribution in [-0.4, -0.2) is 51.7 Å². The summed E-state index contributed by atoms with van der Waals surface area (Å²) >= 11 is 0. The molecule has 106 valence electrons. The summed E-state index contributed by atoms with van der Waals surface area (Å²) in [6.07, 6.45) is 1.35. The van der Waals surface area contributed by atoms with Crippen LogP contribution in [-0.2, 0) is 14.6 Å². The molecule has 0 aromatic rings. The highest BCUT2D eigenvalue weighted by Gasteiger charge is 2.38. The zero-order chi connectivity index (χ0) is 13.6. The molecule has 0 amide bonds. The number of rotatable bonds is 5. The summed E-state index contributed by atoms with van der Waals surface area (Å²) in [6.45, 7) is 3.07. The average molecular weight is 278 g/mol. The van der Waals surface area contributed by atoms with Gasteiger partial charge >= 0.3 is 0 Å². The third-order valence-electron chi connectivity index (χ3n) is 2.84. The largest absolute Gasteiger partial charge is 0.385 e. The molecule has 18 heavy (non-hydrogen) atoms. The molecule has 0 radical (unpaired) electrons. The van der Waals surface area contributed by atoms with Crippen molar-refractivity contribution in [2.45, 2.75) is 25.3 Å². The van der Waals surface area contributed by atoms with Gasteiger partial charge in [-0.1, -0.05) is 0 Å². The summed E-state index contributed by atoms with van der Waals surface area (Å²) in [5, 5.41) is 3.07. The van der Waals surface area contributed by atoms with Crippen molar-refractivity contribution in [3.63, 3.8) is 0 Å². The van der Waals surface area contributed by atoms with E-state index in [0.29, 0.717) is 25.5 Å². The number of methoxy groups -OCH3 is 1. The van der Waals surface area contributed by atoms with E-state index < -0.39 is 15.4 Å². The maximum atomic E-state index is 11.5. The number of nitrogens with one attached hydrogen (secondary N) is 2. The minimum atomic E-state index is -2.94. The van der Waals surface area contributed by atoms with Crippen LogP contribution < -0.4 is 16.6 Å². The molecule has 7 nitrogen and oxygen atoms in total. The molecule has 4 N–H and O–H groups in total. The number of ether oxygens (including phenoxy) is 1. The van der Waals surface area contributed by atoms with Gasteiger partial charge in [-0.05, 0) is 19.8 Å². The molecule has 1 aliphatic rings. The molecule has 1 atom stereocenters. The van der Waals surface area contributed by atoms with Crippen molar-refractivity contribution >= 4 is 15.8 Å². The highest BCUT2D eigenvalue weighted by Crippen LogP contribution is 2.22. The van der Waals surface area contributed by atoms with Crippen molar-refractivity contribution < 1.29 is 13.2 Å². The Balaban J connectivity index is 2.52. The van der Waals surface area contributed by atoms with Gasteiger partial charge in [0, 0.05) is 20.3 Å². The van der Waals surface area contributed by atoms with Crippen LogP contribution in [0.15, 0.2) is 4.99 Å². The first-order valence-electron chi connectivity index (χ1n) is 5.89. The highest BCUT2D eigenvalue weighted by atomic mass is 32.2. The molecule has 0 spiro atoms. The molecule has 1 unspecified atom stereocenters. The second-order valence-corrected chi connectivity index (χ2v) is 6.93. The first kappa shape index (κ1) is 15.2. The number of hydrogen-bond acceptors (Lipinski definition) is 5. The third kappa shape index (κ3) is 4.79. The summed E-state index contributed by atoms with van der Waals surface area (Å²) in [6, 6.07) is 0. The van der Waals surface area contributed by atoms with Crippen LogP contribution in [0.2, 0.25) is 0 Å². The number of nitrogens with two attached hydrogens (primary N) is 1. The van der Waals surface area contributed by atoms with Crippen molar-refractivity contribution in [1.29, 1.82) is 0 Å². The molecule has 0 bridgehead atoms. The molecule has 1 aliphatic heterocycles. The molecule has 0 aromatic heterocycles. The van der Waals surface area contributed by atoms with Gasteiger partial charge in [-0.3, -0.25) is 10.4 Å². The first-order chi connectivity index (χ1) is 8.41. The zero-order valence-corrected chi connectivity index (χ0v) is 11.7. The Labute approximate surface area is 108 Å². The topological polar surface area (TPSA) is 106 Å². The first-order valence-corrected chi connectivity index (χ1v) is 7.71. The minimum absolute atomic E-state index is 0.110. The monoisotopic (exact) mass is 278 g/mol. The highest BCUT2D eigenvalue weighted by molar-refractivity contribution is 7.91. The Morgan fingerprint density at radius 3 is 2.78 bits per heavy atom. The number of aliphatic imine (C=N–C) groups is 1. The third-order valence-corrected chi connectivity index (χ3v) is 4.74. The van der Waals surface area contributed by atoms with Crippen LogP contribution in [0.25, 0.3) is 0 Å². The van der Waals surface area contributed by atoms with Gasteiger partial charge in [-0.2, -0.15) is 0 Å². The van der Waals surface area contributed by atoms with Gasteiger partial charge in [0.15, 0.2) is 9.84 Å². The maximum absolute atomic E-state index is 11.5. The smallest absolute Gasteiger partial charge is 0.206 e. The summed E-state index contributed by atoms with van der Waals surface area (Å²) in [5.74, 6) is 6.11. The quantitative estimate of drug-likeness (QED) is 0.196. The molecule has 0 aromatic carbocycles. The van der Waals surface area contributed by atoms with E-state index in [9.17, 15) is 8.42 Å². The second kappa shape index (κ2) is 6.35. The molecule has 8 heteroatoms. The Kier molecular flexibility index (Phi) is 5.36. The lowest BCUT2D eigenvalue weighted by atomic mass is 10.0. The van der Waals surface area contributed by atoms with Gasteiger partial charge in [0.25, 0.3) is 0 Å². The molecule has 1 fully saturated rings. The number of sulfone groups is 1. The van der Waals surface area contributed by atoms with Crippen LogP contribution in [0.5, 0.6) is 0 Å². The molecule has 1 rings (SSSR count). The van der Waals surface area contributed by atoms with E-state index in [1.807, 2.05) is 6.92 Å². The van der Waals surface area contributed by atoms with Gasteiger partial charge in [0.1, 0.15) is 0 Å². The lowest BCUT2D eigenvalue weighted by Crippen LogP contribution is -2.53. The number of hydrogen-bond donors (Lipinski definition) is 3. The number of nitrogens with zero attached hydrogens (tertiary/aromatic N) is 1. The van der Waals surface area contributed by atoms with E-state index in [4.69, 9.17) is 10.6 Å². The number of hydrazine groups is 1. The van der Waals surface area contributed by atoms with Crippen molar-refractivity contribution in [2.24, 2.45) is 10.8 Å². The maximum Gasteiger partial charge on any atom is 0.206 e. The normalized spacial score (nSPS) is 27.2. The number of guanidine groups is 1. The second-order valence-electron chi connectivity index (χ2n) is 4.75. The van der Waals surface area contributed by atoms with Crippen molar-refractivity contribution in [3.05, 3.63) is 0 Å². The van der Waals surface area contributed by atoms with Gasteiger partial charge in [-0.25, -0.2) is 14.3 Å². The summed E-state index contributed by atoms with van der Waals surface area (Å²) in [4.78, 5) is 4.23. The minimum Gasteiger partial charge on any atom is -0.385 e. The van der Waals surface area contributed by atoms with Gasteiger partial charge in [-0.15, -0.1) is 0 Å². The van der Waals surface area contributed by atoms with Gasteiger partial charge in [0.05, 0.1) is 17.0 Å². The Bertz CT molecular complexity index is 396. The lowest BCUT2D eigenvalue weighted by molar-refractivity contribution is 0.197. The van der Waals surface area contributed by atoms with Crippen LogP contribution in [0.4, 0.5) is 0 Å².